The SMILES string of the molecule is CN(C(=O)CCC1CCNC1)C1CCN(c2ccccc2F)C1=O. The maximum atomic E-state index is 13.9. The number of para-hydroxylation sites is 1. The van der Waals surface area contributed by atoms with Crippen molar-refractivity contribution in [2.24, 2.45) is 5.92 Å². The average molecular weight is 333 g/mol. The van der Waals surface area contributed by atoms with Gasteiger partial charge < -0.3 is 15.1 Å². The predicted molar refractivity (Wildman–Crippen MR) is 90.1 cm³/mol. The molecule has 2 saturated heterocycles. The first-order valence-electron chi connectivity index (χ1n) is 8.60. The minimum absolute atomic E-state index is 0.00404. The molecule has 2 unspecified atom stereocenters. The molecular formula is C18H24FN3O2. The third-order valence-electron chi connectivity index (χ3n) is 5.11. The summed E-state index contributed by atoms with van der Waals surface area (Å²) in [4.78, 5) is 28.0. The van der Waals surface area contributed by atoms with E-state index in [1.807, 2.05) is 0 Å². The van der Waals surface area contributed by atoms with Crippen LogP contribution in [-0.4, -0.2) is 49.4 Å². The third kappa shape index (κ3) is 3.43. The van der Waals surface area contributed by atoms with Crippen LogP contribution in [0.3, 0.4) is 0 Å². The zero-order valence-electron chi connectivity index (χ0n) is 14.0. The first kappa shape index (κ1) is 16.9. The van der Waals surface area contributed by atoms with Gasteiger partial charge in [-0.25, -0.2) is 4.39 Å². The van der Waals surface area contributed by atoms with Crippen LogP contribution in [0, 0.1) is 11.7 Å². The number of nitrogens with one attached hydrogen (secondary N) is 1. The van der Waals surface area contributed by atoms with E-state index in [1.165, 1.54) is 11.0 Å². The summed E-state index contributed by atoms with van der Waals surface area (Å²) in [5, 5.41) is 3.30. The number of likely N-dealkylation sites (N-methyl/N-ethyl adjacent to an activating group) is 1. The zero-order valence-corrected chi connectivity index (χ0v) is 14.0. The average Bonchev–Trinajstić information content (AvgIpc) is 3.22. The molecule has 130 valence electrons. The van der Waals surface area contributed by atoms with Crippen molar-refractivity contribution in [3.05, 3.63) is 30.1 Å². The summed E-state index contributed by atoms with van der Waals surface area (Å²) in [6.45, 7) is 2.43. The quantitative estimate of drug-likeness (QED) is 0.894. The molecular weight excluding hydrogens is 309 g/mol. The largest absolute Gasteiger partial charge is 0.334 e. The van der Waals surface area contributed by atoms with Crippen LogP contribution >= 0.6 is 0 Å². The van der Waals surface area contributed by atoms with Crippen molar-refractivity contribution in [3.63, 3.8) is 0 Å². The van der Waals surface area contributed by atoms with Crippen LogP contribution in [0.2, 0.25) is 0 Å². The molecule has 0 aromatic heterocycles. The Labute approximate surface area is 141 Å². The molecule has 0 aliphatic carbocycles. The van der Waals surface area contributed by atoms with Gasteiger partial charge in [0.2, 0.25) is 11.8 Å². The summed E-state index contributed by atoms with van der Waals surface area (Å²) < 4.78 is 13.9. The molecule has 1 aromatic carbocycles. The molecule has 2 aliphatic rings. The molecule has 2 aliphatic heterocycles. The van der Waals surface area contributed by atoms with Gasteiger partial charge in [0, 0.05) is 20.0 Å². The fraction of sp³-hybridized carbons (Fsp3) is 0.556. The highest BCUT2D eigenvalue weighted by Gasteiger charge is 2.37. The topological polar surface area (TPSA) is 52.7 Å². The summed E-state index contributed by atoms with van der Waals surface area (Å²) >= 11 is 0. The van der Waals surface area contributed by atoms with E-state index in [9.17, 15) is 14.0 Å². The number of carbonyl (C=O) groups excluding carboxylic acids is 2. The molecule has 1 N–H and O–H groups in total. The van der Waals surface area contributed by atoms with Gasteiger partial charge in [-0.3, -0.25) is 9.59 Å². The number of amides is 2. The van der Waals surface area contributed by atoms with Crippen LogP contribution in [0.25, 0.3) is 0 Å². The van der Waals surface area contributed by atoms with Crippen LogP contribution in [0.5, 0.6) is 0 Å². The second-order valence-corrected chi connectivity index (χ2v) is 6.65. The standard InChI is InChI=1S/C18H24FN3O2/c1-21(17(23)7-6-13-8-10-20-12-13)16-9-11-22(18(16)24)15-5-3-2-4-14(15)19/h2-5,13,16,20H,6-12H2,1H3. The third-order valence-corrected chi connectivity index (χ3v) is 5.11. The number of benzene rings is 1. The summed E-state index contributed by atoms with van der Waals surface area (Å²) in [5.74, 6) is -0.0557. The van der Waals surface area contributed by atoms with Crippen LogP contribution in [-0.2, 0) is 9.59 Å². The Hall–Kier alpha value is -1.95. The Balaban J connectivity index is 1.59. The Bertz CT molecular complexity index is 616. The Morgan fingerprint density at radius 1 is 1.38 bits per heavy atom. The highest BCUT2D eigenvalue weighted by molar-refractivity contribution is 6.01. The molecule has 3 rings (SSSR count). The maximum Gasteiger partial charge on any atom is 0.249 e. The van der Waals surface area contributed by atoms with E-state index >= 15 is 0 Å². The lowest BCUT2D eigenvalue weighted by atomic mass is 10.0. The molecule has 0 radical (unpaired) electrons. The van der Waals surface area contributed by atoms with Gasteiger partial charge in [0.05, 0.1) is 5.69 Å². The van der Waals surface area contributed by atoms with E-state index in [0.29, 0.717) is 31.0 Å². The fourth-order valence-corrected chi connectivity index (χ4v) is 3.57. The van der Waals surface area contributed by atoms with Gasteiger partial charge in [0.15, 0.2) is 0 Å². The molecule has 0 spiro atoms. The number of anilines is 1. The van der Waals surface area contributed by atoms with Crippen molar-refractivity contribution in [1.29, 1.82) is 0 Å². The van der Waals surface area contributed by atoms with Gasteiger partial charge in [-0.1, -0.05) is 12.1 Å². The Kier molecular flexibility index (Phi) is 5.14. The number of carbonyl (C=O) groups is 2. The van der Waals surface area contributed by atoms with Crippen LogP contribution in [0.4, 0.5) is 10.1 Å². The Morgan fingerprint density at radius 2 is 2.17 bits per heavy atom. The van der Waals surface area contributed by atoms with Crippen molar-refractivity contribution in [1.82, 2.24) is 10.2 Å². The summed E-state index contributed by atoms with van der Waals surface area (Å²) in [5.41, 5.74) is 0.294. The number of rotatable bonds is 5. The minimum Gasteiger partial charge on any atom is -0.334 e. The second-order valence-electron chi connectivity index (χ2n) is 6.65. The van der Waals surface area contributed by atoms with E-state index in [1.54, 1.807) is 30.1 Å². The number of hydrogen-bond acceptors (Lipinski definition) is 3. The maximum absolute atomic E-state index is 13.9. The highest BCUT2D eigenvalue weighted by atomic mass is 19.1. The predicted octanol–water partition coefficient (Wildman–Crippen LogP) is 1.78. The van der Waals surface area contributed by atoms with Crippen LogP contribution in [0.1, 0.15) is 25.7 Å². The van der Waals surface area contributed by atoms with Crippen molar-refractivity contribution in [2.75, 3.05) is 31.6 Å². The van der Waals surface area contributed by atoms with E-state index < -0.39 is 11.9 Å². The van der Waals surface area contributed by atoms with Crippen molar-refractivity contribution in [2.45, 2.75) is 31.7 Å². The molecule has 0 bridgehead atoms. The number of nitrogens with zero attached hydrogens (tertiary/aromatic N) is 2. The van der Waals surface area contributed by atoms with Crippen molar-refractivity contribution < 1.29 is 14.0 Å². The Morgan fingerprint density at radius 3 is 2.88 bits per heavy atom. The summed E-state index contributed by atoms with van der Waals surface area (Å²) in [7, 11) is 1.68. The lowest BCUT2D eigenvalue weighted by Crippen LogP contribution is -2.43. The van der Waals surface area contributed by atoms with E-state index in [4.69, 9.17) is 0 Å². The highest BCUT2D eigenvalue weighted by Crippen LogP contribution is 2.26. The van der Waals surface area contributed by atoms with Crippen LogP contribution < -0.4 is 10.2 Å². The molecule has 1 aromatic rings. The van der Waals surface area contributed by atoms with E-state index in [-0.39, 0.29) is 11.8 Å². The lowest BCUT2D eigenvalue weighted by Gasteiger charge is -2.24. The molecule has 24 heavy (non-hydrogen) atoms. The molecule has 5 nitrogen and oxygen atoms in total. The summed E-state index contributed by atoms with van der Waals surface area (Å²) in [6.07, 6.45) is 2.97. The molecule has 2 heterocycles. The fourth-order valence-electron chi connectivity index (χ4n) is 3.57. The molecule has 6 heteroatoms. The molecule has 0 saturated carbocycles. The number of hydrogen-bond donors (Lipinski definition) is 1. The molecule has 2 fully saturated rings. The van der Waals surface area contributed by atoms with Gasteiger partial charge in [-0.15, -0.1) is 0 Å². The first-order valence-corrected chi connectivity index (χ1v) is 8.60. The molecule has 2 atom stereocenters. The van der Waals surface area contributed by atoms with Crippen molar-refractivity contribution in [3.8, 4) is 0 Å². The van der Waals surface area contributed by atoms with Gasteiger partial charge in [-0.05, 0) is 50.4 Å². The van der Waals surface area contributed by atoms with Crippen LogP contribution in [0.15, 0.2) is 24.3 Å². The normalized spacial score (nSPS) is 23.8. The monoisotopic (exact) mass is 333 g/mol. The van der Waals surface area contributed by atoms with Crippen molar-refractivity contribution >= 4 is 17.5 Å². The number of halogens is 1. The van der Waals surface area contributed by atoms with Gasteiger partial charge in [-0.2, -0.15) is 0 Å². The van der Waals surface area contributed by atoms with E-state index in [2.05, 4.69) is 5.32 Å². The first-order chi connectivity index (χ1) is 11.6. The van der Waals surface area contributed by atoms with Gasteiger partial charge in [0.1, 0.15) is 11.9 Å². The smallest absolute Gasteiger partial charge is 0.249 e. The summed E-state index contributed by atoms with van der Waals surface area (Å²) in [6, 6.07) is 5.78. The van der Waals surface area contributed by atoms with Gasteiger partial charge in [0.25, 0.3) is 0 Å². The second kappa shape index (κ2) is 7.30. The van der Waals surface area contributed by atoms with Gasteiger partial charge >= 0.3 is 0 Å². The minimum atomic E-state index is -0.487. The molecule has 2 amide bonds. The van der Waals surface area contributed by atoms with E-state index in [0.717, 1.165) is 25.9 Å². The lowest BCUT2D eigenvalue weighted by molar-refractivity contribution is -0.136. The zero-order chi connectivity index (χ0) is 17.1.